The fraction of sp³-hybridized carbons (Fsp3) is 0. The molecule has 0 bridgehead atoms. The molecule has 0 aliphatic heterocycles. The van der Waals surface area contributed by atoms with Crippen LogP contribution in [0.25, 0.3) is 31.6 Å². The van der Waals surface area contributed by atoms with Gasteiger partial charge >= 0.3 is 157 Å². The first kappa shape index (κ1) is 15.0. The van der Waals surface area contributed by atoms with Crippen LogP contribution >= 0.6 is 22.7 Å². The summed E-state index contributed by atoms with van der Waals surface area (Å²) in [6, 6.07) is 0. The van der Waals surface area contributed by atoms with E-state index in [0.29, 0.717) is 42.7 Å². The molecule has 0 amide bonds. The molecule has 24 heavy (non-hydrogen) atoms. The Bertz CT molecular complexity index is 1220. The van der Waals surface area contributed by atoms with E-state index in [9.17, 15) is 8.78 Å². The van der Waals surface area contributed by atoms with Gasteiger partial charge in [0.1, 0.15) is 0 Å². The molecular weight excluding hydrogens is 484 g/mol. The molecule has 5 rings (SSSR count). The van der Waals surface area contributed by atoms with Crippen molar-refractivity contribution in [1.29, 1.82) is 5.41 Å². The van der Waals surface area contributed by atoms with Gasteiger partial charge in [0, 0.05) is 0 Å². The van der Waals surface area contributed by atoms with E-state index in [4.69, 9.17) is 5.41 Å². The third-order valence-electron chi connectivity index (χ3n) is 3.97. The minimum atomic E-state index is -0.411. The summed E-state index contributed by atoms with van der Waals surface area (Å²) in [4.78, 5) is 0.677. The first-order chi connectivity index (χ1) is 11.6. The van der Waals surface area contributed by atoms with Crippen LogP contribution in [0.15, 0.2) is 14.8 Å². The Morgan fingerprint density at radius 1 is 1.04 bits per heavy atom. The van der Waals surface area contributed by atoms with E-state index in [1.807, 2.05) is 0 Å². The Balaban J connectivity index is 2.11. The van der Waals surface area contributed by atoms with Crippen LogP contribution in [0.4, 0.5) is 8.78 Å². The molecular formula is C14H3F2N4S2Se2. The molecule has 3 aromatic heterocycles. The molecule has 1 aliphatic carbocycles. The fourth-order valence-electron chi connectivity index (χ4n) is 3.03. The Morgan fingerprint density at radius 2 is 1.79 bits per heavy atom. The second kappa shape index (κ2) is 5.11. The van der Waals surface area contributed by atoms with Crippen LogP contribution in [-0.4, -0.2) is 50.6 Å². The molecule has 1 aliphatic rings. The van der Waals surface area contributed by atoms with Gasteiger partial charge in [0.25, 0.3) is 0 Å². The van der Waals surface area contributed by atoms with Crippen molar-refractivity contribution >= 4 is 86.4 Å². The van der Waals surface area contributed by atoms with Crippen molar-refractivity contribution in [2.24, 2.45) is 4.01 Å². The molecule has 0 saturated heterocycles. The first-order valence-electron chi connectivity index (χ1n) is 6.55. The molecule has 10 heteroatoms. The summed E-state index contributed by atoms with van der Waals surface area (Å²) in [5, 5.41) is 11.8. The Hall–Kier alpha value is -1.28. The summed E-state index contributed by atoms with van der Waals surface area (Å²) in [6.45, 7) is 0. The molecule has 117 valence electrons. The summed E-state index contributed by atoms with van der Waals surface area (Å²) in [7, 11) is 0. The number of aromatic nitrogens is 2. The SMILES string of the molecule is N=C1/C(=N\[Se])c2c(F)csc2-c2c1c1scc(F)c1c1n[se]nc21. The van der Waals surface area contributed by atoms with Gasteiger partial charge in [-0.05, 0) is 0 Å². The number of fused-ring (bicyclic) bond motifs is 8. The molecule has 0 fully saturated rings. The predicted octanol–water partition coefficient (Wildman–Crippen LogP) is 3.16. The van der Waals surface area contributed by atoms with Gasteiger partial charge in [0.05, 0.1) is 0 Å². The van der Waals surface area contributed by atoms with Crippen molar-refractivity contribution < 1.29 is 8.78 Å². The standard InChI is InChI=1S/C14H3F2N4S2Se2/c15-3-1-22-14-5(3)10(18-23)9(17)7-8(14)12-11(19-24-20-12)6-4(16)2-21-13(6)7/h1-2,17H/b17-9?,18-10-. The molecule has 0 spiro atoms. The molecule has 4 aromatic rings. The van der Waals surface area contributed by atoms with Gasteiger partial charge in [-0.1, -0.05) is 0 Å². The third kappa shape index (κ3) is 1.71. The number of hydrogen-bond donors (Lipinski definition) is 1. The Kier molecular flexibility index (Phi) is 3.20. The van der Waals surface area contributed by atoms with E-state index in [1.165, 1.54) is 33.4 Å². The van der Waals surface area contributed by atoms with Gasteiger partial charge < -0.3 is 0 Å². The summed E-state index contributed by atoms with van der Waals surface area (Å²) in [5.74, 6) is -0.769. The fourth-order valence-corrected chi connectivity index (χ4v) is 6.52. The molecule has 3 heterocycles. The van der Waals surface area contributed by atoms with E-state index in [0.717, 1.165) is 0 Å². The quantitative estimate of drug-likeness (QED) is 0.388. The van der Waals surface area contributed by atoms with Gasteiger partial charge in [-0.25, -0.2) is 0 Å². The Labute approximate surface area is 156 Å². The van der Waals surface area contributed by atoms with Gasteiger partial charge in [-0.2, -0.15) is 0 Å². The van der Waals surface area contributed by atoms with Gasteiger partial charge in [0.2, 0.25) is 0 Å². The number of hydrogen-bond acceptors (Lipinski definition) is 6. The van der Waals surface area contributed by atoms with E-state index < -0.39 is 5.82 Å². The monoisotopic (exact) mass is 489 g/mol. The van der Waals surface area contributed by atoms with Gasteiger partial charge in [-0.3, -0.25) is 0 Å². The van der Waals surface area contributed by atoms with Crippen LogP contribution < -0.4 is 0 Å². The average Bonchev–Trinajstić information content (AvgIpc) is 3.27. The van der Waals surface area contributed by atoms with Crippen LogP contribution in [0.3, 0.4) is 0 Å². The van der Waals surface area contributed by atoms with E-state index in [2.05, 4.69) is 28.2 Å². The third-order valence-corrected chi connectivity index (χ3v) is 7.40. The molecule has 1 N–H and O–H groups in total. The van der Waals surface area contributed by atoms with Crippen LogP contribution in [0.1, 0.15) is 11.1 Å². The predicted molar refractivity (Wildman–Crippen MR) is 94.2 cm³/mol. The normalized spacial score (nSPS) is 15.4. The number of halogens is 2. The first-order valence-corrected chi connectivity index (χ1v) is 10.6. The zero-order chi connectivity index (χ0) is 16.6. The molecule has 0 saturated carbocycles. The summed E-state index contributed by atoms with van der Waals surface area (Å²) in [6.07, 6.45) is 0. The van der Waals surface area contributed by atoms with Crippen LogP contribution in [0, 0.1) is 17.0 Å². The zero-order valence-corrected chi connectivity index (χ0v) is 16.4. The average molecular weight is 487 g/mol. The van der Waals surface area contributed by atoms with Gasteiger partial charge in [-0.15, -0.1) is 0 Å². The second-order valence-corrected chi connectivity index (χ2v) is 8.35. The number of nitrogens with one attached hydrogen (secondary N) is 1. The van der Waals surface area contributed by atoms with Crippen molar-refractivity contribution in [1.82, 2.24) is 7.96 Å². The zero-order valence-electron chi connectivity index (χ0n) is 11.4. The molecule has 1 aromatic carbocycles. The van der Waals surface area contributed by atoms with Crippen molar-refractivity contribution in [3.63, 3.8) is 0 Å². The van der Waals surface area contributed by atoms with Crippen molar-refractivity contribution in [3.05, 3.63) is 33.5 Å². The summed E-state index contributed by atoms with van der Waals surface area (Å²) >= 11 is 4.63. The number of benzene rings is 1. The van der Waals surface area contributed by atoms with Crippen LogP contribution in [0.5, 0.6) is 0 Å². The van der Waals surface area contributed by atoms with Crippen LogP contribution in [0.2, 0.25) is 0 Å². The molecule has 4 nitrogen and oxygen atoms in total. The summed E-state index contributed by atoms with van der Waals surface area (Å²) in [5.41, 5.74) is 2.98. The molecule has 0 unspecified atom stereocenters. The van der Waals surface area contributed by atoms with Crippen molar-refractivity contribution in [3.8, 4) is 10.4 Å². The second-order valence-electron chi connectivity index (χ2n) is 5.10. The van der Waals surface area contributed by atoms with Crippen molar-refractivity contribution in [2.45, 2.75) is 0 Å². The van der Waals surface area contributed by atoms with Crippen molar-refractivity contribution in [2.75, 3.05) is 0 Å². The number of nitrogens with zero attached hydrogens (tertiary/aromatic N) is 3. The van der Waals surface area contributed by atoms with E-state index in [-0.39, 0.29) is 32.2 Å². The van der Waals surface area contributed by atoms with Crippen LogP contribution in [-0.2, 0) is 0 Å². The number of thiophene rings is 2. The molecule has 0 atom stereocenters. The van der Waals surface area contributed by atoms with Gasteiger partial charge in [0.15, 0.2) is 0 Å². The van der Waals surface area contributed by atoms with E-state index in [1.54, 1.807) is 0 Å². The molecule has 1 radical (unpaired) electrons. The topological polar surface area (TPSA) is 62.0 Å². The Morgan fingerprint density at radius 3 is 2.58 bits per heavy atom. The van der Waals surface area contributed by atoms with E-state index >= 15 is 0 Å². The number of rotatable bonds is 0. The maximum absolute atomic E-state index is 14.3. The summed E-state index contributed by atoms with van der Waals surface area (Å²) < 4.78 is 42.1. The minimum absolute atomic E-state index is 0.0813. The maximum atomic E-state index is 14.3.